The quantitative estimate of drug-likeness (QED) is 0.563. The van der Waals surface area contributed by atoms with Crippen LogP contribution in [0.2, 0.25) is 0 Å². The third-order valence-corrected chi connectivity index (χ3v) is 3.85. The topological polar surface area (TPSA) is 66.6 Å². The number of aliphatic hydroxyl groups excluding tert-OH is 1. The van der Waals surface area contributed by atoms with Crippen molar-refractivity contribution in [3.05, 3.63) is 28.2 Å². The summed E-state index contributed by atoms with van der Waals surface area (Å²) in [5, 5.41) is 9.13. The van der Waals surface area contributed by atoms with Crippen molar-refractivity contribution < 1.29 is 9.90 Å². The van der Waals surface area contributed by atoms with Crippen molar-refractivity contribution in [2.75, 3.05) is 25.4 Å². The molecule has 0 radical (unpaired) electrons. The van der Waals surface area contributed by atoms with E-state index >= 15 is 0 Å². The molecule has 1 aromatic carbocycles. The summed E-state index contributed by atoms with van der Waals surface area (Å²) in [6, 6.07) is 5.19. The van der Waals surface area contributed by atoms with E-state index < -0.39 is 0 Å². The zero-order valence-electron chi connectivity index (χ0n) is 11.9. The Hall–Kier alpha value is -1.07. The number of hydrogen-bond donors (Lipinski definition) is 2. The number of carbonyl (C=O) groups excluding carboxylic acids is 1. The van der Waals surface area contributed by atoms with Crippen LogP contribution in [0.5, 0.6) is 0 Å². The monoisotopic (exact) mass is 342 g/mol. The molecule has 1 amide bonds. The Morgan fingerprint density at radius 1 is 1.30 bits per heavy atom. The molecular weight excluding hydrogens is 320 g/mol. The number of hydrogen-bond acceptors (Lipinski definition) is 3. The van der Waals surface area contributed by atoms with Gasteiger partial charge in [0.05, 0.1) is 12.2 Å². The predicted molar refractivity (Wildman–Crippen MR) is 85.7 cm³/mol. The molecule has 112 valence electrons. The Kier molecular flexibility index (Phi) is 7.62. The number of halogens is 1. The van der Waals surface area contributed by atoms with Gasteiger partial charge in [-0.2, -0.15) is 0 Å². The minimum atomic E-state index is -0.0882. The first-order chi connectivity index (χ1) is 9.60. The first kappa shape index (κ1) is 17.0. The molecule has 0 saturated heterocycles. The van der Waals surface area contributed by atoms with Gasteiger partial charge in [-0.05, 0) is 40.5 Å². The van der Waals surface area contributed by atoms with Gasteiger partial charge < -0.3 is 15.7 Å². The second-order valence-electron chi connectivity index (χ2n) is 4.82. The third kappa shape index (κ3) is 5.13. The van der Waals surface area contributed by atoms with Crippen molar-refractivity contribution >= 4 is 27.5 Å². The summed E-state index contributed by atoms with van der Waals surface area (Å²) in [6.07, 6.45) is 4.39. The normalized spacial score (nSPS) is 10.6. The van der Waals surface area contributed by atoms with Gasteiger partial charge in [-0.3, -0.25) is 4.79 Å². The number of amides is 1. The summed E-state index contributed by atoms with van der Waals surface area (Å²) >= 11 is 3.38. The Morgan fingerprint density at radius 2 is 2.05 bits per heavy atom. The molecule has 4 nitrogen and oxygen atoms in total. The first-order valence-corrected chi connectivity index (χ1v) is 7.84. The average Bonchev–Trinajstić information content (AvgIpc) is 2.44. The van der Waals surface area contributed by atoms with Crippen LogP contribution < -0.4 is 5.73 Å². The molecule has 0 aromatic heterocycles. The number of nitrogens with zero attached hydrogens (tertiary/aromatic N) is 1. The van der Waals surface area contributed by atoms with Crippen LogP contribution in [0.3, 0.4) is 0 Å². The number of benzene rings is 1. The molecule has 3 N–H and O–H groups in total. The lowest BCUT2D eigenvalue weighted by atomic mass is 10.1. The van der Waals surface area contributed by atoms with Crippen molar-refractivity contribution in [2.24, 2.45) is 0 Å². The molecule has 0 bridgehead atoms. The van der Waals surface area contributed by atoms with E-state index in [4.69, 9.17) is 10.8 Å². The van der Waals surface area contributed by atoms with Gasteiger partial charge >= 0.3 is 0 Å². The van der Waals surface area contributed by atoms with Gasteiger partial charge in [-0.25, -0.2) is 0 Å². The molecule has 0 saturated carbocycles. The largest absolute Gasteiger partial charge is 0.399 e. The van der Waals surface area contributed by atoms with Gasteiger partial charge in [0, 0.05) is 23.2 Å². The Morgan fingerprint density at radius 3 is 2.70 bits per heavy atom. The lowest BCUT2D eigenvalue weighted by molar-refractivity contribution is 0.0717. The zero-order valence-corrected chi connectivity index (χ0v) is 13.5. The molecule has 5 heteroatoms. The standard InChI is InChI=1S/C15H23BrN2O2/c1-2-3-4-5-8-18(9-10-19)15(20)13-11-12(17)6-7-14(13)16/h6-7,11,19H,2-5,8-10,17H2,1H3. The van der Waals surface area contributed by atoms with Gasteiger partial charge in [-0.1, -0.05) is 26.2 Å². The second kappa shape index (κ2) is 8.97. The van der Waals surface area contributed by atoms with Gasteiger partial charge in [-0.15, -0.1) is 0 Å². The highest BCUT2D eigenvalue weighted by atomic mass is 79.9. The maximum absolute atomic E-state index is 12.5. The molecule has 0 unspecified atom stereocenters. The van der Waals surface area contributed by atoms with Crippen molar-refractivity contribution in [1.29, 1.82) is 0 Å². The molecule has 1 aromatic rings. The number of carbonyl (C=O) groups is 1. The van der Waals surface area contributed by atoms with E-state index in [1.807, 2.05) is 0 Å². The molecule has 0 spiro atoms. The first-order valence-electron chi connectivity index (χ1n) is 7.05. The summed E-state index contributed by atoms with van der Waals surface area (Å²) in [5.74, 6) is -0.0882. The average molecular weight is 343 g/mol. The van der Waals surface area contributed by atoms with Crippen LogP contribution in [0.15, 0.2) is 22.7 Å². The van der Waals surface area contributed by atoms with Crippen molar-refractivity contribution in [3.8, 4) is 0 Å². The molecule has 0 atom stereocenters. The fourth-order valence-corrected chi connectivity index (χ4v) is 2.46. The van der Waals surface area contributed by atoms with Crippen LogP contribution in [0.25, 0.3) is 0 Å². The smallest absolute Gasteiger partial charge is 0.255 e. The summed E-state index contributed by atoms with van der Waals surface area (Å²) in [5.41, 5.74) is 6.85. The number of unbranched alkanes of at least 4 members (excludes halogenated alkanes) is 3. The molecule has 0 aliphatic rings. The van der Waals surface area contributed by atoms with Gasteiger partial charge in [0.25, 0.3) is 5.91 Å². The van der Waals surface area contributed by atoms with Crippen molar-refractivity contribution in [3.63, 3.8) is 0 Å². The van der Waals surface area contributed by atoms with Crippen molar-refractivity contribution in [2.45, 2.75) is 32.6 Å². The molecule has 0 aliphatic heterocycles. The number of nitrogen functional groups attached to an aromatic ring is 1. The van der Waals surface area contributed by atoms with Crippen LogP contribution in [0, 0.1) is 0 Å². The summed E-state index contributed by atoms with van der Waals surface area (Å²) in [7, 11) is 0. The Labute approximate surface area is 129 Å². The second-order valence-corrected chi connectivity index (χ2v) is 5.67. The van der Waals surface area contributed by atoms with Gasteiger partial charge in [0.2, 0.25) is 0 Å². The van der Waals surface area contributed by atoms with Gasteiger partial charge in [0.15, 0.2) is 0 Å². The summed E-state index contributed by atoms with van der Waals surface area (Å²) < 4.78 is 0.730. The van der Waals surface area contributed by atoms with E-state index in [1.165, 1.54) is 6.42 Å². The zero-order chi connectivity index (χ0) is 15.0. The molecule has 20 heavy (non-hydrogen) atoms. The van der Waals surface area contributed by atoms with Gasteiger partial charge in [0.1, 0.15) is 0 Å². The number of anilines is 1. The van der Waals surface area contributed by atoms with E-state index in [1.54, 1.807) is 23.1 Å². The minimum Gasteiger partial charge on any atom is -0.399 e. The van der Waals surface area contributed by atoms with E-state index in [2.05, 4.69) is 22.9 Å². The molecule has 0 fully saturated rings. The van der Waals surface area contributed by atoms with Crippen LogP contribution >= 0.6 is 15.9 Å². The Bertz CT molecular complexity index is 438. The Balaban J connectivity index is 2.74. The van der Waals surface area contributed by atoms with E-state index in [9.17, 15) is 4.79 Å². The number of rotatable bonds is 8. The van der Waals surface area contributed by atoms with E-state index in [-0.39, 0.29) is 12.5 Å². The molecule has 0 aliphatic carbocycles. The van der Waals surface area contributed by atoms with Crippen molar-refractivity contribution in [1.82, 2.24) is 4.90 Å². The third-order valence-electron chi connectivity index (χ3n) is 3.16. The summed E-state index contributed by atoms with van der Waals surface area (Å²) in [6.45, 7) is 3.15. The lowest BCUT2D eigenvalue weighted by Crippen LogP contribution is -2.34. The number of aliphatic hydroxyl groups is 1. The minimum absolute atomic E-state index is 0.0283. The predicted octanol–water partition coefficient (Wildman–Crippen LogP) is 3.05. The molecule has 1 rings (SSSR count). The molecule has 0 heterocycles. The van der Waals surface area contributed by atoms with Crippen LogP contribution in [0.4, 0.5) is 5.69 Å². The highest BCUT2D eigenvalue weighted by Gasteiger charge is 2.17. The SMILES string of the molecule is CCCCCCN(CCO)C(=O)c1cc(N)ccc1Br. The fourth-order valence-electron chi connectivity index (χ4n) is 2.04. The van der Waals surface area contributed by atoms with Crippen LogP contribution in [0.1, 0.15) is 43.0 Å². The highest BCUT2D eigenvalue weighted by molar-refractivity contribution is 9.10. The van der Waals surface area contributed by atoms with E-state index in [0.29, 0.717) is 24.3 Å². The number of nitrogens with two attached hydrogens (primary N) is 1. The highest BCUT2D eigenvalue weighted by Crippen LogP contribution is 2.21. The lowest BCUT2D eigenvalue weighted by Gasteiger charge is -2.22. The summed E-state index contributed by atoms with van der Waals surface area (Å²) in [4.78, 5) is 14.2. The van der Waals surface area contributed by atoms with E-state index in [0.717, 1.165) is 23.7 Å². The maximum atomic E-state index is 12.5. The molecular formula is C15H23BrN2O2. The van der Waals surface area contributed by atoms with Crippen LogP contribution in [-0.2, 0) is 0 Å². The maximum Gasteiger partial charge on any atom is 0.255 e. The van der Waals surface area contributed by atoms with Crippen LogP contribution in [-0.4, -0.2) is 35.6 Å². The fraction of sp³-hybridized carbons (Fsp3) is 0.533.